The van der Waals surface area contributed by atoms with Crippen LogP contribution in [-0.2, 0) is 44.8 Å². The molecule has 3 N–H and O–H groups in total. The molecule has 2 aliphatic rings. The first-order valence-corrected chi connectivity index (χ1v) is 24.7. The molecule has 2 aromatic carbocycles. The number of pyridine rings is 2. The fourth-order valence-electron chi connectivity index (χ4n) is 7.68. The Balaban J connectivity index is 0.000000200. The summed E-state index contributed by atoms with van der Waals surface area (Å²) in [6.45, 7) is 0.452. The van der Waals surface area contributed by atoms with E-state index in [-0.39, 0.29) is 26.8 Å². The molecule has 2 saturated carbocycles. The second-order valence-electron chi connectivity index (χ2n) is 15.2. The van der Waals surface area contributed by atoms with Crippen LogP contribution >= 0.6 is 32.9 Å². The number of hydrogen-bond acceptors (Lipinski definition) is 12. The fraction of sp³-hybridized carbons (Fsp3) is 0.429. The van der Waals surface area contributed by atoms with Crippen LogP contribution in [0.1, 0.15) is 86.5 Å². The Bertz CT molecular complexity index is 2490. The van der Waals surface area contributed by atoms with E-state index in [2.05, 4.69) is 71.4 Å². The molecular weight excluding hydrogens is 960 g/mol. The summed E-state index contributed by atoms with van der Waals surface area (Å²) < 4.78 is 53.5. The maximum Gasteiger partial charge on any atom is 0.240 e. The average Bonchev–Trinajstić information content (AvgIpc) is 4.02. The van der Waals surface area contributed by atoms with E-state index in [1.54, 1.807) is 42.9 Å². The highest BCUT2D eigenvalue weighted by molar-refractivity contribution is 9.08. The number of H-pyrrole nitrogens is 1. The Labute approximate surface area is 382 Å². The molecule has 6 aromatic rings. The molecule has 2 aliphatic carbocycles. The minimum Gasteiger partial charge on any atom is -0.264 e. The predicted octanol–water partition coefficient (Wildman–Crippen LogP) is 7.27. The van der Waals surface area contributed by atoms with Crippen molar-refractivity contribution in [2.24, 2.45) is 11.8 Å². The highest BCUT2D eigenvalue weighted by Gasteiger charge is 2.23. The molecule has 4 aromatic heterocycles. The van der Waals surface area contributed by atoms with Crippen LogP contribution in [-0.4, -0.2) is 81.7 Å². The Hall–Kier alpha value is -4.34. The zero-order valence-electron chi connectivity index (χ0n) is 34.9. The van der Waals surface area contributed by atoms with Crippen molar-refractivity contribution in [2.75, 3.05) is 14.1 Å². The lowest BCUT2D eigenvalue weighted by Crippen LogP contribution is -2.19. The van der Waals surface area contributed by atoms with E-state index in [1.807, 2.05) is 42.6 Å². The predicted molar refractivity (Wildman–Crippen MR) is 246 cm³/mol. The summed E-state index contributed by atoms with van der Waals surface area (Å²) in [5.41, 5.74) is 5.80. The summed E-state index contributed by atoms with van der Waals surface area (Å²) >= 11 is 3.32. The molecule has 0 amide bonds. The number of aromatic amines is 1. The van der Waals surface area contributed by atoms with Gasteiger partial charge in [0.15, 0.2) is 0 Å². The quantitative estimate of drug-likeness (QED) is 0.0975. The zero-order valence-corrected chi connectivity index (χ0v) is 39.8. The second-order valence-corrected chi connectivity index (χ2v) is 19.5. The van der Waals surface area contributed by atoms with E-state index >= 15 is 0 Å². The highest BCUT2D eigenvalue weighted by atomic mass is 79.9. The monoisotopic (exact) mass is 1010 g/mol. The standard InChI is InChI=1S/C21H26N6O2S.C15H21N5O2S.C6H6BrN.BrH/c1-22-30(28,29)19-10-9-18(12-16-6-3-2-4-7-16)20(13-19)21-24-26-27(25-21)15-17-8-5-11-23-14-17;1-16-23(21,22)13-8-7-12(9-11-5-3-2-4-6-11)14(10-13)15-17-19-20-18-15;7-4-6-2-1-3-8-5-6;/h5,8-11,13-14,16,22H,2-4,6-7,12,15H2,1H3;7-8,10-11,16H,2-6,9H2,1H3,(H,17,18,19,20);1-3,5H,4H2;1H. The first-order chi connectivity index (χ1) is 29.6. The van der Waals surface area contributed by atoms with Gasteiger partial charge in [-0.3, -0.25) is 9.97 Å². The molecule has 0 spiro atoms. The van der Waals surface area contributed by atoms with E-state index < -0.39 is 20.0 Å². The van der Waals surface area contributed by atoms with Crippen molar-refractivity contribution in [3.05, 3.63) is 108 Å². The number of nitrogens with zero attached hydrogens (tertiary/aromatic N) is 9. The van der Waals surface area contributed by atoms with Gasteiger partial charge in [0, 0.05) is 41.2 Å². The number of benzene rings is 2. The third-order valence-electron chi connectivity index (χ3n) is 11.0. The van der Waals surface area contributed by atoms with Gasteiger partial charge in [-0.25, -0.2) is 26.3 Å². The molecule has 0 atom stereocenters. The van der Waals surface area contributed by atoms with Crippen LogP contribution in [0.15, 0.2) is 95.2 Å². The molecular formula is C42H54Br2N12O4S2. The normalized spacial score (nSPS) is 14.8. The first kappa shape index (κ1) is 48.7. The largest absolute Gasteiger partial charge is 0.264 e. The van der Waals surface area contributed by atoms with Crippen LogP contribution in [0.2, 0.25) is 0 Å². The topological polar surface area (TPSA) is 216 Å². The Morgan fingerprint density at radius 2 is 1.21 bits per heavy atom. The van der Waals surface area contributed by atoms with Crippen molar-refractivity contribution < 1.29 is 16.8 Å². The van der Waals surface area contributed by atoms with Gasteiger partial charge in [-0.05, 0) is 108 Å². The maximum absolute atomic E-state index is 12.4. The average molecular weight is 1010 g/mol. The van der Waals surface area contributed by atoms with Gasteiger partial charge >= 0.3 is 0 Å². The summed E-state index contributed by atoms with van der Waals surface area (Å²) in [5.74, 6) is 2.12. The number of halogens is 2. The highest BCUT2D eigenvalue weighted by Crippen LogP contribution is 2.33. The lowest BCUT2D eigenvalue weighted by molar-refractivity contribution is 0.357. The Morgan fingerprint density at radius 3 is 1.65 bits per heavy atom. The number of aromatic nitrogens is 10. The summed E-state index contributed by atoms with van der Waals surface area (Å²) in [6.07, 6.45) is 21.4. The number of nitrogens with one attached hydrogen (secondary N) is 3. The number of hydrogen-bond donors (Lipinski definition) is 3. The Morgan fingerprint density at radius 1 is 0.694 bits per heavy atom. The summed E-state index contributed by atoms with van der Waals surface area (Å²) in [5, 5.41) is 27.9. The lowest BCUT2D eigenvalue weighted by Gasteiger charge is -2.22. The van der Waals surface area contributed by atoms with Gasteiger partial charge in [-0.1, -0.05) is 104 Å². The van der Waals surface area contributed by atoms with Crippen LogP contribution in [0.3, 0.4) is 0 Å². The molecule has 332 valence electrons. The third kappa shape index (κ3) is 13.8. The minimum absolute atomic E-state index is 0. The maximum atomic E-state index is 12.4. The van der Waals surface area contributed by atoms with Crippen molar-refractivity contribution >= 4 is 53.0 Å². The molecule has 8 rings (SSSR count). The zero-order chi connectivity index (χ0) is 43.1. The smallest absolute Gasteiger partial charge is 0.240 e. The molecule has 0 aliphatic heterocycles. The molecule has 20 heteroatoms. The summed E-state index contributed by atoms with van der Waals surface area (Å²) in [4.78, 5) is 9.97. The molecule has 2 fully saturated rings. The van der Waals surface area contributed by atoms with Crippen LogP contribution in [0.5, 0.6) is 0 Å². The first-order valence-electron chi connectivity index (χ1n) is 20.6. The number of tetrazole rings is 2. The van der Waals surface area contributed by atoms with Crippen LogP contribution < -0.4 is 9.44 Å². The number of rotatable bonds is 13. The molecule has 4 heterocycles. The number of alkyl halides is 1. The van der Waals surface area contributed by atoms with Crippen LogP contribution in [0.4, 0.5) is 0 Å². The van der Waals surface area contributed by atoms with E-state index in [9.17, 15) is 16.8 Å². The van der Waals surface area contributed by atoms with Gasteiger partial charge in [-0.15, -0.1) is 37.4 Å². The van der Waals surface area contributed by atoms with Gasteiger partial charge in [0.2, 0.25) is 31.7 Å². The van der Waals surface area contributed by atoms with Gasteiger partial charge in [0.25, 0.3) is 0 Å². The molecule has 16 nitrogen and oxygen atoms in total. The molecule has 0 unspecified atom stereocenters. The van der Waals surface area contributed by atoms with Crippen molar-refractivity contribution in [3.8, 4) is 22.8 Å². The summed E-state index contributed by atoms with van der Waals surface area (Å²) in [6, 6.07) is 18.1. The molecule has 62 heavy (non-hydrogen) atoms. The van der Waals surface area contributed by atoms with Gasteiger partial charge in [0.05, 0.1) is 16.3 Å². The van der Waals surface area contributed by atoms with Crippen molar-refractivity contribution in [2.45, 2.75) is 98.7 Å². The molecule has 0 bridgehead atoms. The van der Waals surface area contributed by atoms with Crippen LogP contribution in [0.25, 0.3) is 22.8 Å². The van der Waals surface area contributed by atoms with Crippen molar-refractivity contribution in [1.29, 1.82) is 0 Å². The van der Waals surface area contributed by atoms with Gasteiger partial charge in [-0.2, -0.15) is 10.0 Å². The van der Waals surface area contributed by atoms with Gasteiger partial charge < -0.3 is 0 Å². The van der Waals surface area contributed by atoms with Gasteiger partial charge in [0.1, 0.15) is 0 Å². The van der Waals surface area contributed by atoms with Crippen molar-refractivity contribution in [1.82, 2.24) is 60.2 Å². The van der Waals surface area contributed by atoms with E-state index in [1.165, 1.54) is 88.7 Å². The van der Waals surface area contributed by atoms with E-state index in [4.69, 9.17) is 0 Å². The Kier molecular flexibility index (Phi) is 18.8. The molecule has 0 radical (unpaired) electrons. The van der Waals surface area contributed by atoms with E-state index in [0.29, 0.717) is 30.0 Å². The van der Waals surface area contributed by atoms with Crippen molar-refractivity contribution in [3.63, 3.8) is 0 Å². The van der Waals surface area contributed by atoms with Crippen LogP contribution in [0, 0.1) is 11.8 Å². The lowest BCUT2D eigenvalue weighted by atomic mass is 9.84. The molecule has 0 saturated heterocycles. The minimum atomic E-state index is -3.56. The third-order valence-corrected chi connectivity index (χ3v) is 14.5. The number of sulfonamides is 2. The second kappa shape index (κ2) is 23.9. The fourth-order valence-corrected chi connectivity index (χ4v) is 9.53. The SMILES string of the molecule is Br.BrCc1cccnc1.CNS(=O)(=O)c1ccc(CC2CCCCC2)c(-c2nn[nH]n2)c1.CNS(=O)(=O)c1ccc(CC2CCCCC2)c(-c2nnn(Cc3cccnc3)n2)c1. The van der Waals surface area contributed by atoms with E-state index in [0.717, 1.165) is 46.0 Å². The summed E-state index contributed by atoms with van der Waals surface area (Å²) in [7, 11) is -4.25.